The molecule has 0 bridgehead atoms. The summed E-state index contributed by atoms with van der Waals surface area (Å²) in [5.41, 5.74) is 3.02. The predicted octanol–water partition coefficient (Wildman–Crippen LogP) is 3.22. The van der Waals surface area contributed by atoms with Crippen molar-refractivity contribution in [2.24, 2.45) is 0 Å². The first-order valence-electron chi connectivity index (χ1n) is 9.56. The quantitative estimate of drug-likeness (QED) is 0.814. The van der Waals surface area contributed by atoms with E-state index >= 15 is 0 Å². The van der Waals surface area contributed by atoms with E-state index in [0.29, 0.717) is 18.7 Å². The lowest BCUT2D eigenvalue weighted by molar-refractivity contribution is -0.125. The molecule has 1 saturated heterocycles. The maximum absolute atomic E-state index is 13.9. The second kappa shape index (κ2) is 9.00. The van der Waals surface area contributed by atoms with Crippen LogP contribution in [0.2, 0.25) is 0 Å². The van der Waals surface area contributed by atoms with Gasteiger partial charge in [-0.2, -0.15) is 0 Å². The first-order chi connectivity index (χ1) is 13.0. The SMILES string of the molecule is CN(C)c1ccc(CCNC(=O)C2CCCN2Cc2ccccc2F)cc1. The Bertz CT molecular complexity index is 760. The van der Waals surface area contributed by atoms with Gasteiger partial charge in [0.1, 0.15) is 5.82 Å². The maximum Gasteiger partial charge on any atom is 0.237 e. The van der Waals surface area contributed by atoms with Crippen molar-refractivity contribution in [3.05, 3.63) is 65.5 Å². The van der Waals surface area contributed by atoms with Crippen LogP contribution in [-0.2, 0) is 17.8 Å². The van der Waals surface area contributed by atoms with Gasteiger partial charge < -0.3 is 10.2 Å². The zero-order chi connectivity index (χ0) is 19.2. The topological polar surface area (TPSA) is 35.6 Å². The average molecular weight is 369 g/mol. The van der Waals surface area contributed by atoms with Gasteiger partial charge >= 0.3 is 0 Å². The van der Waals surface area contributed by atoms with Crippen molar-refractivity contribution in [3.8, 4) is 0 Å². The Morgan fingerprint density at radius 2 is 1.93 bits per heavy atom. The number of anilines is 1. The summed E-state index contributed by atoms with van der Waals surface area (Å²) in [5.74, 6) is -0.154. The molecule has 2 aromatic carbocycles. The molecule has 1 aliphatic rings. The second-order valence-corrected chi connectivity index (χ2v) is 7.32. The number of carbonyl (C=O) groups excluding carboxylic acids is 1. The van der Waals surface area contributed by atoms with Crippen molar-refractivity contribution < 1.29 is 9.18 Å². The molecule has 1 unspecified atom stereocenters. The van der Waals surface area contributed by atoms with Crippen molar-refractivity contribution in [2.45, 2.75) is 31.8 Å². The highest BCUT2D eigenvalue weighted by molar-refractivity contribution is 5.82. The van der Waals surface area contributed by atoms with E-state index in [1.54, 1.807) is 12.1 Å². The summed E-state index contributed by atoms with van der Waals surface area (Å²) in [6.07, 6.45) is 2.61. The monoisotopic (exact) mass is 369 g/mol. The minimum Gasteiger partial charge on any atom is -0.378 e. The Kier molecular flexibility index (Phi) is 6.45. The van der Waals surface area contributed by atoms with Crippen LogP contribution in [0.15, 0.2) is 48.5 Å². The smallest absolute Gasteiger partial charge is 0.237 e. The van der Waals surface area contributed by atoms with Gasteiger partial charge in [-0.3, -0.25) is 9.69 Å². The third kappa shape index (κ3) is 5.07. The summed E-state index contributed by atoms with van der Waals surface area (Å²) in [7, 11) is 4.04. The lowest BCUT2D eigenvalue weighted by atomic mass is 10.1. The van der Waals surface area contributed by atoms with Crippen LogP contribution in [0, 0.1) is 5.82 Å². The highest BCUT2D eigenvalue weighted by Gasteiger charge is 2.30. The van der Waals surface area contributed by atoms with Crippen LogP contribution >= 0.6 is 0 Å². The number of rotatable bonds is 7. The molecule has 1 fully saturated rings. The van der Waals surface area contributed by atoms with Gasteiger partial charge in [0.25, 0.3) is 0 Å². The average Bonchev–Trinajstić information content (AvgIpc) is 3.12. The van der Waals surface area contributed by atoms with Crippen LogP contribution in [0.25, 0.3) is 0 Å². The van der Waals surface area contributed by atoms with Crippen molar-refractivity contribution in [1.82, 2.24) is 10.2 Å². The summed E-state index contributed by atoms with van der Waals surface area (Å²) in [6, 6.07) is 15.0. The van der Waals surface area contributed by atoms with Crippen LogP contribution in [0.4, 0.5) is 10.1 Å². The normalized spacial score (nSPS) is 17.1. The zero-order valence-corrected chi connectivity index (χ0v) is 16.1. The molecule has 2 aromatic rings. The number of likely N-dealkylation sites (tertiary alicyclic amines) is 1. The summed E-state index contributed by atoms with van der Waals surface area (Å²) in [6.45, 7) is 1.93. The van der Waals surface area contributed by atoms with Gasteiger partial charge in [-0.25, -0.2) is 4.39 Å². The largest absolute Gasteiger partial charge is 0.378 e. The van der Waals surface area contributed by atoms with Crippen LogP contribution in [0.1, 0.15) is 24.0 Å². The van der Waals surface area contributed by atoms with E-state index in [4.69, 9.17) is 0 Å². The van der Waals surface area contributed by atoms with Gasteiger partial charge in [0.05, 0.1) is 6.04 Å². The number of hydrogen-bond acceptors (Lipinski definition) is 3. The van der Waals surface area contributed by atoms with Crippen LogP contribution < -0.4 is 10.2 Å². The Morgan fingerprint density at radius 1 is 1.19 bits per heavy atom. The van der Waals surface area contributed by atoms with Crippen molar-refractivity contribution in [1.29, 1.82) is 0 Å². The fourth-order valence-electron chi connectivity index (χ4n) is 3.57. The van der Waals surface area contributed by atoms with Crippen LogP contribution in [-0.4, -0.2) is 44.0 Å². The summed E-state index contributed by atoms with van der Waals surface area (Å²) in [5, 5.41) is 3.06. The maximum atomic E-state index is 13.9. The lowest BCUT2D eigenvalue weighted by Crippen LogP contribution is -2.43. The van der Waals surface area contributed by atoms with E-state index < -0.39 is 0 Å². The molecule has 27 heavy (non-hydrogen) atoms. The van der Waals surface area contributed by atoms with Gasteiger partial charge in [0.2, 0.25) is 5.91 Å². The number of benzene rings is 2. The lowest BCUT2D eigenvalue weighted by Gasteiger charge is -2.24. The number of hydrogen-bond donors (Lipinski definition) is 1. The number of nitrogens with zero attached hydrogens (tertiary/aromatic N) is 2. The molecule has 1 heterocycles. The third-order valence-corrected chi connectivity index (χ3v) is 5.16. The Labute approximate surface area is 161 Å². The first kappa shape index (κ1) is 19.4. The molecule has 1 amide bonds. The first-order valence-corrected chi connectivity index (χ1v) is 9.56. The molecule has 1 N–H and O–H groups in total. The van der Waals surface area contributed by atoms with E-state index in [-0.39, 0.29) is 17.8 Å². The van der Waals surface area contributed by atoms with Gasteiger partial charge in [-0.15, -0.1) is 0 Å². The third-order valence-electron chi connectivity index (χ3n) is 5.16. The Morgan fingerprint density at radius 3 is 2.63 bits per heavy atom. The van der Waals surface area contributed by atoms with Crippen molar-refractivity contribution in [2.75, 3.05) is 32.1 Å². The molecule has 0 spiro atoms. The van der Waals surface area contributed by atoms with E-state index in [2.05, 4.69) is 39.4 Å². The van der Waals surface area contributed by atoms with Crippen molar-refractivity contribution in [3.63, 3.8) is 0 Å². The zero-order valence-electron chi connectivity index (χ0n) is 16.1. The summed E-state index contributed by atoms with van der Waals surface area (Å²) < 4.78 is 13.9. The van der Waals surface area contributed by atoms with Gasteiger partial charge in [-0.05, 0) is 49.6 Å². The molecular weight excluding hydrogens is 341 g/mol. The summed E-state index contributed by atoms with van der Waals surface area (Å²) >= 11 is 0. The van der Waals surface area contributed by atoms with Gasteiger partial charge in [0.15, 0.2) is 0 Å². The number of amides is 1. The fraction of sp³-hybridized carbons (Fsp3) is 0.409. The van der Waals surface area contributed by atoms with Crippen LogP contribution in [0.5, 0.6) is 0 Å². The molecule has 4 nitrogen and oxygen atoms in total. The number of carbonyl (C=O) groups is 1. The number of halogens is 1. The molecule has 1 aliphatic heterocycles. The molecule has 0 aromatic heterocycles. The second-order valence-electron chi connectivity index (χ2n) is 7.32. The molecular formula is C22H28FN3O. The molecule has 0 radical (unpaired) electrons. The van der Waals surface area contributed by atoms with E-state index in [1.807, 2.05) is 20.2 Å². The number of nitrogens with one attached hydrogen (secondary N) is 1. The molecule has 5 heteroatoms. The molecule has 0 saturated carbocycles. The fourth-order valence-corrected chi connectivity index (χ4v) is 3.57. The minimum absolute atomic E-state index is 0.0498. The van der Waals surface area contributed by atoms with Crippen LogP contribution in [0.3, 0.4) is 0 Å². The molecule has 1 atom stereocenters. The Balaban J connectivity index is 1.50. The van der Waals surface area contributed by atoms with E-state index in [9.17, 15) is 9.18 Å². The van der Waals surface area contributed by atoms with E-state index in [0.717, 1.165) is 31.5 Å². The molecule has 3 rings (SSSR count). The summed E-state index contributed by atoms with van der Waals surface area (Å²) in [4.78, 5) is 16.8. The van der Waals surface area contributed by atoms with E-state index in [1.165, 1.54) is 11.6 Å². The highest BCUT2D eigenvalue weighted by Crippen LogP contribution is 2.21. The predicted molar refractivity (Wildman–Crippen MR) is 107 cm³/mol. The molecule has 0 aliphatic carbocycles. The minimum atomic E-state index is -0.204. The van der Waals surface area contributed by atoms with Crippen molar-refractivity contribution >= 4 is 11.6 Å². The van der Waals surface area contributed by atoms with Gasteiger partial charge in [-0.1, -0.05) is 30.3 Å². The molecule has 144 valence electrons. The standard InChI is InChI=1S/C22H28FN3O/c1-25(2)19-11-9-17(10-12-19)13-14-24-22(27)21-8-5-15-26(21)16-18-6-3-4-7-20(18)23/h3-4,6-7,9-12,21H,5,8,13-16H2,1-2H3,(H,24,27). The Hall–Kier alpha value is -2.40. The van der Waals surface area contributed by atoms with Gasteiger partial charge in [0, 0.05) is 38.4 Å². The highest BCUT2D eigenvalue weighted by atomic mass is 19.1.